The van der Waals surface area contributed by atoms with Gasteiger partial charge in [0.15, 0.2) is 0 Å². The van der Waals surface area contributed by atoms with Crippen LogP contribution >= 0.6 is 11.8 Å². The minimum Gasteiger partial charge on any atom is -0.481 e. The van der Waals surface area contributed by atoms with Crippen LogP contribution in [0.15, 0.2) is 0 Å². The molecule has 3 atom stereocenters. The second-order valence-corrected chi connectivity index (χ2v) is 11.3. The number of rotatable bonds is 13. The fourth-order valence-electron chi connectivity index (χ4n) is 3.82. The second kappa shape index (κ2) is 10.7. The number of carboxylic acids is 1. The van der Waals surface area contributed by atoms with Gasteiger partial charge in [0.25, 0.3) is 0 Å². The molecule has 2 fully saturated rings. The maximum atomic E-state index is 12.2. The minimum atomic E-state index is -0.828. The standard InChI is InChI=1S/C21H37N3O5S/c1-20(2,9-17(26)27)12-29-13-21(3,4)11-22-16(25)8-6-5-7-15-18-14(10-30-15)23-19(28)24-18/h14-15,18H,5-13H2,1-4H3,(H,22,25)(H,26,27)(H2,23,24,28)/t14-,15-,18-/m0/s1. The number of carbonyl (C=O) groups is 3. The van der Waals surface area contributed by atoms with Gasteiger partial charge >= 0.3 is 12.0 Å². The number of carboxylic acid groups (broad SMARTS) is 1. The van der Waals surface area contributed by atoms with E-state index in [1.807, 2.05) is 39.5 Å². The van der Waals surface area contributed by atoms with Gasteiger partial charge in [0.05, 0.1) is 31.7 Å². The maximum Gasteiger partial charge on any atom is 0.315 e. The molecule has 0 unspecified atom stereocenters. The summed E-state index contributed by atoms with van der Waals surface area (Å²) in [5.74, 6) is 0.173. The lowest BCUT2D eigenvalue weighted by Crippen LogP contribution is -2.37. The molecule has 0 spiro atoms. The predicted octanol–water partition coefficient (Wildman–Crippen LogP) is 2.37. The number of urea groups is 1. The maximum absolute atomic E-state index is 12.2. The summed E-state index contributed by atoms with van der Waals surface area (Å²) in [4.78, 5) is 34.5. The number of carbonyl (C=O) groups excluding carboxylic acids is 2. The Hall–Kier alpha value is -1.48. The minimum absolute atomic E-state index is 0.0436. The Kier molecular flexibility index (Phi) is 8.85. The monoisotopic (exact) mass is 443 g/mol. The van der Waals surface area contributed by atoms with Crippen molar-refractivity contribution in [1.29, 1.82) is 0 Å². The molecular formula is C21H37N3O5S. The van der Waals surface area contributed by atoms with E-state index in [9.17, 15) is 14.4 Å². The van der Waals surface area contributed by atoms with E-state index in [4.69, 9.17) is 9.84 Å². The van der Waals surface area contributed by atoms with Crippen LogP contribution in [0.3, 0.4) is 0 Å². The molecule has 30 heavy (non-hydrogen) atoms. The number of unbranched alkanes of at least 4 members (excludes halogenated alkanes) is 1. The highest BCUT2D eigenvalue weighted by molar-refractivity contribution is 8.00. The van der Waals surface area contributed by atoms with E-state index in [1.54, 1.807) is 0 Å². The average molecular weight is 444 g/mol. The number of fused-ring (bicyclic) bond motifs is 1. The lowest BCUT2D eigenvalue weighted by molar-refractivity contribution is -0.140. The Balaban J connectivity index is 1.56. The van der Waals surface area contributed by atoms with Gasteiger partial charge < -0.3 is 25.8 Å². The predicted molar refractivity (Wildman–Crippen MR) is 118 cm³/mol. The van der Waals surface area contributed by atoms with Gasteiger partial charge in [0.2, 0.25) is 5.91 Å². The van der Waals surface area contributed by atoms with Gasteiger partial charge in [-0.15, -0.1) is 0 Å². The first kappa shape index (κ1) is 24.8. The molecule has 2 aliphatic heterocycles. The van der Waals surface area contributed by atoms with Crippen LogP contribution in [0.2, 0.25) is 0 Å². The van der Waals surface area contributed by atoms with Crippen LogP contribution in [0.4, 0.5) is 4.79 Å². The van der Waals surface area contributed by atoms with E-state index in [0.717, 1.165) is 25.0 Å². The fraction of sp³-hybridized carbons (Fsp3) is 0.857. The topological polar surface area (TPSA) is 117 Å². The van der Waals surface area contributed by atoms with Crippen molar-refractivity contribution in [3.8, 4) is 0 Å². The molecule has 2 rings (SSSR count). The van der Waals surface area contributed by atoms with E-state index >= 15 is 0 Å². The molecule has 0 radical (unpaired) electrons. The van der Waals surface area contributed by atoms with Crippen molar-refractivity contribution < 1.29 is 24.2 Å². The van der Waals surface area contributed by atoms with Crippen molar-refractivity contribution in [3.05, 3.63) is 0 Å². The number of ether oxygens (including phenoxy) is 1. The zero-order valence-corrected chi connectivity index (χ0v) is 19.4. The third kappa shape index (κ3) is 8.34. The van der Waals surface area contributed by atoms with Gasteiger partial charge in [-0.25, -0.2) is 4.79 Å². The van der Waals surface area contributed by atoms with Crippen LogP contribution in [-0.4, -0.2) is 65.9 Å². The third-order valence-corrected chi connectivity index (χ3v) is 6.97. The third-order valence-electron chi connectivity index (χ3n) is 5.46. The van der Waals surface area contributed by atoms with Crippen LogP contribution in [0.1, 0.15) is 59.8 Å². The molecular weight excluding hydrogens is 406 g/mol. The Labute approximate surface area is 183 Å². The molecule has 8 nitrogen and oxygen atoms in total. The number of aliphatic carboxylic acids is 1. The first-order valence-electron chi connectivity index (χ1n) is 10.7. The van der Waals surface area contributed by atoms with Crippen molar-refractivity contribution in [2.24, 2.45) is 10.8 Å². The quantitative estimate of drug-likeness (QED) is 0.256. The molecule has 0 bridgehead atoms. The van der Waals surface area contributed by atoms with Gasteiger partial charge in [0, 0.05) is 29.4 Å². The molecule has 172 valence electrons. The summed E-state index contributed by atoms with van der Waals surface area (Å²) in [6.45, 7) is 9.13. The van der Waals surface area contributed by atoms with Gasteiger partial charge in [-0.1, -0.05) is 34.1 Å². The van der Waals surface area contributed by atoms with Gasteiger partial charge in [-0.05, 0) is 18.3 Å². The van der Waals surface area contributed by atoms with E-state index in [2.05, 4.69) is 16.0 Å². The van der Waals surface area contributed by atoms with Crippen LogP contribution in [-0.2, 0) is 14.3 Å². The van der Waals surface area contributed by atoms with E-state index in [1.165, 1.54) is 0 Å². The first-order valence-corrected chi connectivity index (χ1v) is 11.8. The van der Waals surface area contributed by atoms with Gasteiger partial charge in [-0.3, -0.25) is 9.59 Å². The second-order valence-electron chi connectivity index (χ2n) is 10.0. The highest BCUT2D eigenvalue weighted by Crippen LogP contribution is 2.33. The largest absolute Gasteiger partial charge is 0.481 e. The molecule has 0 aliphatic carbocycles. The van der Waals surface area contributed by atoms with Gasteiger partial charge in [-0.2, -0.15) is 11.8 Å². The fourth-order valence-corrected chi connectivity index (χ4v) is 5.36. The van der Waals surface area contributed by atoms with Crippen LogP contribution in [0.5, 0.6) is 0 Å². The molecule has 0 saturated carbocycles. The Morgan fingerprint density at radius 1 is 1.17 bits per heavy atom. The molecule has 2 saturated heterocycles. The smallest absolute Gasteiger partial charge is 0.315 e. The van der Waals surface area contributed by atoms with Crippen molar-refractivity contribution in [2.75, 3.05) is 25.5 Å². The summed E-state index contributed by atoms with van der Waals surface area (Å²) in [7, 11) is 0. The molecule has 2 aliphatic rings. The Morgan fingerprint density at radius 2 is 1.87 bits per heavy atom. The molecule has 0 aromatic rings. The highest BCUT2D eigenvalue weighted by atomic mass is 32.2. The lowest BCUT2D eigenvalue weighted by Gasteiger charge is -2.28. The number of hydrogen-bond acceptors (Lipinski definition) is 5. The van der Waals surface area contributed by atoms with Crippen molar-refractivity contribution >= 4 is 29.7 Å². The van der Waals surface area contributed by atoms with E-state index in [-0.39, 0.29) is 35.9 Å². The SMILES string of the molecule is CC(C)(CNC(=O)CCCC[C@@H]1SC[C@@H]2NC(=O)N[C@@H]21)COCC(C)(C)CC(=O)O. The number of nitrogens with one attached hydrogen (secondary N) is 3. The summed E-state index contributed by atoms with van der Waals surface area (Å²) in [6, 6.07) is 0.402. The molecule has 4 N–H and O–H groups in total. The molecule has 0 aromatic carbocycles. The first-order chi connectivity index (χ1) is 14.0. The summed E-state index contributed by atoms with van der Waals surface area (Å²) in [5.41, 5.74) is -0.641. The van der Waals surface area contributed by atoms with Crippen LogP contribution in [0.25, 0.3) is 0 Å². The Morgan fingerprint density at radius 3 is 2.57 bits per heavy atom. The molecule has 9 heteroatoms. The van der Waals surface area contributed by atoms with E-state index < -0.39 is 11.4 Å². The molecule has 0 aromatic heterocycles. The van der Waals surface area contributed by atoms with Crippen LogP contribution < -0.4 is 16.0 Å². The summed E-state index contributed by atoms with van der Waals surface area (Å²) in [5, 5.41) is 18.3. The average Bonchev–Trinajstić information content (AvgIpc) is 3.15. The summed E-state index contributed by atoms with van der Waals surface area (Å²) >= 11 is 1.90. The number of amides is 3. The molecule has 2 heterocycles. The zero-order chi connectivity index (χ0) is 22.4. The zero-order valence-electron chi connectivity index (χ0n) is 18.6. The van der Waals surface area contributed by atoms with Crippen molar-refractivity contribution in [2.45, 2.75) is 77.1 Å². The lowest BCUT2D eigenvalue weighted by atomic mass is 9.90. The number of thioether (sulfide) groups is 1. The van der Waals surface area contributed by atoms with Crippen LogP contribution in [0, 0.1) is 10.8 Å². The summed E-state index contributed by atoms with van der Waals surface area (Å²) in [6.07, 6.45) is 3.37. The number of hydrogen-bond donors (Lipinski definition) is 4. The van der Waals surface area contributed by atoms with Crippen molar-refractivity contribution in [1.82, 2.24) is 16.0 Å². The van der Waals surface area contributed by atoms with Gasteiger partial charge in [0.1, 0.15) is 0 Å². The Bertz CT molecular complexity index is 626. The van der Waals surface area contributed by atoms with E-state index in [0.29, 0.717) is 31.4 Å². The van der Waals surface area contributed by atoms with Crippen molar-refractivity contribution in [3.63, 3.8) is 0 Å². The molecule has 3 amide bonds. The normalized spacial score (nSPS) is 23.6. The highest BCUT2D eigenvalue weighted by Gasteiger charge is 2.42. The summed E-state index contributed by atoms with van der Waals surface area (Å²) < 4.78 is 5.74.